The van der Waals surface area contributed by atoms with Crippen LogP contribution in [0.5, 0.6) is 0 Å². The second-order valence-electron chi connectivity index (χ2n) is 5.30. The second kappa shape index (κ2) is 5.73. The van der Waals surface area contributed by atoms with Crippen molar-refractivity contribution in [1.29, 1.82) is 0 Å². The Kier molecular flexibility index (Phi) is 3.79. The van der Waals surface area contributed by atoms with Crippen molar-refractivity contribution in [3.8, 4) is 11.3 Å². The van der Waals surface area contributed by atoms with Gasteiger partial charge in [-0.25, -0.2) is 9.37 Å². The van der Waals surface area contributed by atoms with Gasteiger partial charge in [-0.15, -0.1) is 10.2 Å². The van der Waals surface area contributed by atoms with Gasteiger partial charge in [0.15, 0.2) is 5.82 Å². The van der Waals surface area contributed by atoms with Crippen LogP contribution in [0.4, 0.5) is 10.2 Å². The summed E-state index contributed by atoms with van der Waals surface area (Å²) in [6, 6.07) is 6.25. The lowest BCUT2D eigenvalue weighted by molar-refractivity contribution is -0.00548. The lowest BCUT2D eigenvalue weighted by Gasteiger charge is -2.36. The summed E-state index contributed by atoms with van der Waals surface area (Å²) in [5, 5.41) is 8.13. The summed E-state index contributed by atoms with van der Waals surface area (Å²) < 4.78 is 18.8. The molecule has 0 saturated carbocycles. The summed E-state index contributed by atoms with van der Waals surface area (Å²) in [5.41, 5.74) is 1.54. The number of nitrogens with zero attached hydrogens (tertiary/aromatic N) is 4. The summed E-state index contributed by atoms with van der Waals surface area (Å²) in [6.07, 6.45) is 1.66. The summed E-state index contributed by atoms with van der Waals surface area (Å²) in [7, 11) is 0. The Bertz CT molecular complexity index is 609. The van der Waals surface area contributed by atoms with Crippen LogP contribution in [0.2, 0.25) is 0 Å². The van der Waals surface area contributed by atoms with Gasteiger partial charge in [-0.05, 0) is 38.1 Å². The summed E-state index contributed by atoms with van der Waals surface area (Å²) in [4.78, 5) is 6.45. The number of morpholine rings is 1. The highest BCUT2D eigenvalue weighted by Gasteiger charge is 2.26. The van der Waals surface area contributed by atoms with Gasteiger partial charge in [0, 0.05) is 18.7 Å². The Balaban J connectivity index is 1.97. The van der Waals surface area contributed by atoms with Gasteiger partial charge in [0.05, 0.1) is 12.2 Å². The third-order valence-electron chi connectivity index (χ3n) is 3.44. The second-order valence-corrected chi connectivity index (χ2v) is 5.30. The van der Waals surface area contributed by atoms with E-state index in [4.69, 9.17) is 4.74 Å². The van der Waals surface area contributed by atoms with Crippen LogP contribution in [0.1, 0.15) is 13.8 Å². The zero-order chi connectivity index (χ0) is 14.8. The predicted octanol–water partition coefficient (Wildman–Crippen LogP) is 2.29. The van der Waals surface area contributed by atoms with E-state index < -0.39 is 0 Å². The van der Waals surface area contributed by atoms with E-state index >= 15 is 0 Å². The summed E-state index contributed by atoms with van der Waals surface area (Å²) in [5.74, 6) is 0.446. The highest BCUT2D eigenvalue weighted by molar-refractivity contribution is 5.71. The number of halogens is 1. The van der Waals surface area contributed by atoms with Crippen molar-refractivity contribution in [2.75, 3.05) is 18.0 Å². The van der Waals surface area contributed by atoms with Gasteiger partial charge in [0.2, 0.25) is 0 Å². The molecule has 0 amide bonds. The Morgan fingerprint density at radius 2 is 1.81 bits per heavy atom. The molecule has 1 aliphatic rings. The molecule has 6 heteroatoms. The molecule has 0 bridgehead atoms. The fourth-order valence-corrected chi connectivity index (χ4v) is 2.64. The average Bonchev–Trinajstić information content (AvgIpc) is 2.47. The van der Waals surface area contributed by atoms with Crippen molar-refractivity contribution in [2.45, 2.75) is 26.1 Å². The van der Waals surface area contributed by atoms with Crippen LogP contribution < -0.4 is 4.90 Å². The minimum absolute atomic E-state index is 0.122. The highest BCUT2D eigenvalue weighted by atomic mass is 19.1. The third-order valence-corrected chi connectivity index (χ3v) is 3.44. The molecule has 2 unspecified atom stereocenters. The van der Waals surface area contributed by atoms with Crippen molar-refractivity contribution in [2.24, 2.45) is 0 Å². The van der Waals surface area contributed by atoms with E-state index in [1.165, 1.54) is 18.5 Å². The number of hydrogen-bond donors (Lipinski definition) is 0. The monoisotopic (exact) mass is 288 g/mol. The van der Waals surface area contributed by atoms with Crippen LogP contribution >= 0.6 is 0 Å². The molecule has 110 valence electrons. The van der Waals surface area contributed by atoms with Crippen molar-refractivity contribution in [1.82, 2.24) is 15.2 Å². The van der Waals surface area contributed by atoms with E-state index in [1.807, 2.05) is 13.8 Å². The molecule has 21 heavy (non-hydrogen) atoms. The molecule has 0 N–H and O–H groups in total. The van der Waals surface area contributed by atoms with Gasteiger partial charge >= 0.3 is 0 Å². The molecular formula is C15H17FN4O. The summed E-state index contributed by atoms with van der Waals surface area (Å²) in [6.45, 7) is 5.53. The molecule has 5 nitrogen and oxygen atoms in total. The van der Waals surface area contributed by atoms with Crippen LogP contribution in [-0.4, -0.2) is 40.5 Å². The van der Waals surface area contributed by atoms with E-state index in [0.29, 0.717) is 11.5 Å². The fraction of sp³-hybridized carbons (Fsp3) is 0.400. The van der Waals surface area contributed by atoms with Crippen molar-refractivity contribution in [3.05, 3.63) is 36.4 Å². The molecule has 1 aromatic carbocycles. The van der Waals surface area contributed by atoms with Crippen LogP contribution in [-0.2, 0) is 4.74 Å². The average molecular weight is 288 g/mol. The molecule has 1 fully saturated rings. The number of rotatable bonds is 2. The Morgan fingerprint density at radius 1 is 1.14 bits per heavy atom. The Hall–Kier alpha value is -2.08. The number of benzene rings is 1. The van der Waals surface area contributed by atoms with E-state index in [0.717, 1.165) is 18.7 Å². The van der Waals surface area contributed by atoms with Gasteiger partial charge in [0.25, 0.3) is 0 Å². The zero-order valence-corrected chi connectivity index (χ0v) is 12.0. The van der Waals surface area contributed by atoms with Crippen LogP contribution in [0, 0.1) is 5.82 Å². The lowest BCUT2D eigenvalue weighted by atomic mass is 10.1. The van der Waals surface area contributed by atoms with Crippen molar-refractivity contribution < 1.29 is 9.13 Å². The smallest absolute Gasteiger partial charge is 0.178 e. The first-order chi connectivity index (χ1) is 10.1. The summed E-state index contributed by atoms with van der Waals surface area (Å²) >= 11 is 0. The third kappa shape index (κ3) is 3.00. The normalized spacial score (nSPS) is 22.3. The number of aromatic nitrogens is 3. The van der Waals surface area contributed by atoms with Gasteiger partial charge < -0.3 is 9.64 Å². The van der Waals surface area contributed by atoms with Gasteiger partial charge in [-0.2, -0.15) is 0 Å². The maximum atomic E-state index is 13.1. The molecule has 1 aromatic heterocycles. The maximum Gasteiger partial charge on any atom is 0.178 e. The lowest BCUT2D eigenvalue weighted by Crippen LogP contribution is -2.46. The molecule has 2 heterocycles. The minimum Gasteiger partial charge on any atom is -0.372 e. The largest absolute Gasteiger partial charge is 0.372 e. The standard InChI is InChI=1S/C15H17FN4O/c1-10-7-20(8-11(2)21-10)15-14(17-9-18-19-15)12-3-5-13(16)6-4-12/h3-6,9-11H,7-8H2,1-2H3. The first-order valence-electron chi connectivity index (χ1n) is 6.97. The van der Waals surface area contributed by atoms with Crippen LogP contribution in [0.15, 0.2) is 30.6 Å². The number of anilines is 1. The van der Waals surface area contributed by atoms with Crippen molar-refractivity contribution >= 4 is 5.82 Å². The molecular weight excluding hydrogens is 271 g/mol. The van der Waals surface area contributed by atoms with E-state index in [2.05, 4.69) is 20.1 Å². The Labute approximate surface area is 122 Å². The zero-order valence-electron chi connectivity index (χ0n) is 12.0. The first-order valence-corrected chi connectivity index (χ1v) is 6.97. The highest BCUT2D eigenvalue weighted by Crippen LogP contribution is 2.28. The maximum absolute atomic E-state index is 13.1. The van der Waals surface area contributed by atoms with Crippen molar-refractivity contribution in [3.63, 3.8) is 0 Å². The van der Waals surface area contributed by atoms with Crippen LogP contribution in [0.25, 0.3) is 11.3 Å². The number of ether oxygens (including phenoxy) is 1. The van der Waals surface area contributed by atoms with Gasteiger partial charge in [-0.3, -0.25) is 0 Å². The molecule has 0 spiro atoms. The predicted molar refractivity (Wildman–Crippen MR) is 77.4 cm³/mol. The van der Waals surface area contributed by atoms with E-state index in [-0.39, 0.29) is 18.0 Å². The molecule has 3 rings (SSSR count). The molecule has 2 aromatic rings. The SMILES string of the molecule is CC1CN(c2nncnc2-c2ccc(F)cc2)CC(C)O1. The molecule has 0 aliphatic carbocycles. The molecule has 1 saturated heterocycles. The molecule has 2 atom stereocenters. The molecule has 0 radical (unpaired) electrons. The van der Waals surface area contributed by atoms with E-state index in [1.54, 1.807) is 12.1 Å². The topological polar surface area (TPSA) is 51.1 Å². The molecule has 1 aliphatic heterocycles. The fourth-order valence-electron chi connectivity index (χ4n) is 2.64. The number of hydrogen-bond acceptors (Lipinski definition) is 5. The Morgan fingerprint density at radius 3 is 2.48 bits per heavy atom. The minimum atomic E-state index is -0.268. The quantitative estimate of drug-likeness (QED) is 0.848. The van der Waals surface area contributed by atoms with Gasteiger partial charge in [0.1, 0.15) is 17.8 Å². The van der Waals surface area contributed by atoms with Gasteiger partial charge in [-0.1, -0.05) is 0 Å². The first kappa shape index (κ1) is 13.9. The van der Waals surface area contributed by atoms with E-state index in [9.17, 15) is 4.39 Å². The van der Waals surface area contributed by atoms with Crippen LogP contribution in [0.3, 0.4) is 0 Å².